The van der Waals surface area contributed by atoms with Gasteiger partial charge in [-0.25, -0.2) is 18.4 Å². The van der Waals surface area contributed by atoms with E-state index in [2.05, 4.69) is 15.3 Å². The van der Waals surface area contributed by atoms with Gasteiger partial charge in [0.2, 0.25) is 16.0 Å². The van der Waals surface area contributed by atoms with Gasteiger partial charge >= 0.3 is 0 Å². The molecule has 1 aromatic carbocycles. The number of piperazine rings is 1. The van der Waals surface area contributed by atoms with Gasteiger partial charge in [0.05, 0.1) is 5.75 Å². The molecule has 1 saturated heterocycles. The molecular formula is C19H25N5O4S. The first kappa shape index (κ1) is 21.0. The van der Waals surface area contributed by atoms with E-state index in [0.717, 1.165) is 0 Å². The van der Waals surface area contributed by atoms with Crippen molar-refractivity contribution in [2.24, 2.45) is 0 Å². The highest BCUT2D eigenvalue weighted by molar-refractivity contribution is 7.89. The van der Waals surface area contributed by atoms with Crippen LogP contribution in [0.15, 0.2) is 48.8 Å². The van der Waals surface area contributed by atoms with E-state index in [1.165, 1.54) is 4.31 Å². The fourth-order valence-electron chi connectivity index (χ4n) is 2.95. The van der Waals surface area contributed by atoms with Crippen molar-refractivity contribution < 1.29 is 17.9 Å². The quantitative estimate of drug-likeness (QED) is 0.665. The summed E-state index contributed by atoms with van der Waals surface area (Å²) in [6, 6.07) is 10.7. The SMILES string of the molecule is C[C@@H](Oc1ccccc1)C(=O)NCCS(=O)(=O)N1CCN(c2ncccn2)CC1. The summed E-state index contributed by atoms with van der Waals surface area (Å²) < 4.78 is 32.1. The number of aromatic nitrogens is 2. The molecule has 1 aliphatic heterocycles. The van der Waals surface area contributed by atoms with E-state index in [-0.39, 0.29) is 18.2 Å². The van der Waals surface area contributed by atoms with E-state index >= 15 is 0 Å². The van der Waals surface area contributed by atoms with Crippen LogP contribution >= 0.6 is 0 Å². The number of carbonyl (C=O) groups is 1. The fourth-order valence-corrected chi connectivity index (χ4v) is 4.29. The lowest BCUT2D eigenvalue weighted by Gasteiger charge is -2.33. The van der Waals surface area contributed by atoms with Crippen molar-refractivity contribution in [3.8, 4) is 5.75 Å². The van der Waals surface area contributed by atoms with Crippen LogP contribution in [-0.2, 0) is 14.8 Å². The Labute approximate surface area is 170 Å². The molecule has 2 heterocycles. The Hall–Kier alpha value is -2.72. The van der Waals surface area contributed by atoms with Crippen LogP contribution in [0.25, 0.3) is 0 Å². The molecule has 1 atom stereocenters. The monoisotopic (exact) mass is 419 g/mol. The molecule has 0 spiro atoms. The number of nitrogens with one attached hydrogen (secondary N) is 1. The molecule has 29 heavy (non-hydrogen) atoms. The van der Waals surface area contributed by atoms with Crippen LogP contribution in [0.3, 0.4) is 0 Å². The fraction of sp³-hybridized carbons (Fsp3) is 0.421. The largest absolute Gasteiger partial charge is 0.481 e. The maximum absolute atomic E-state index is 12.6. The average Bonchev–Trinajstić information content (AvgIpc) is 2.75. The Bertz CT molecular complexity index is 887. The second kappa shape index (κ2) is 9.66. The van der Waals surface area contributed by atoms with Crippen LogP contribution in [0, 0.1) is 0 Å². The molecule has 0 radical (unpaired) electrons. The number of para-hydroxylation sites is 1. The van der Waals surface area contributed by atoms with Crippen molar-refractivity contribution in [1.29, 1.82) is 0 Å². The molecule has 1 aliphatic rings. The summed E-state index contributed by atoms with van der Waals surface area (Å²) in [5.41, 5.74) is 0. The number of hydrogen-bond donors (Lipinski definition) is 1. The molecule has 1 aromatic heterocycles. The normalized spacial score (nSPS) is 16.2. The third-order valence-electron chi connectivity index (χ3n) is 4.55. The minimum absolute atomic E-state index is 0.0334. The van der Waals surface area contributed by atoms with Crippen molar-refractivity contribution in [1.82, 2.24) is 19.6 Å². The molecule has 0 aliphatic carbocycles. The maximum Gasteiger partial charge on any atom is 0.260 e. The van der Waals surface area contributed by atoms with Crippen LogP contribution in [0.4, 0.5) is 5.95 Å². The number of benzene rings is 1. The van der Waals surface area contributed by atoms with Gasteiger partial charge in [-0.3, -0.25) is 4.79 Å². The summed E-state index contributed by atoms with van der Waals surface area (Å²) in [5.74, 6) is 0.681. The molecule has 0 unspecified atom stereocenters. The minimum atomic E-state index is -3.46. The third-order valence-corrected chi connectivity index (χ3v) is 6.42. The van der Waals surface area contributed by atoms with E-state index < -0.39 is 16.1 Å². The van der Waals surface area contributed by atoms with Crippen molar-refractivity contribution >= 4 is 21.9 Å². The predicted molar refractivity (Wildman–Crippen MR) is 109 cm³/mol. The highest BCUT2D eigenvalue weighted by atomic mass is 32.2. The maximum atomic E-state index is 12.6. The molecule has 1 N–H and O–H groups in total. The molecule has 2 aromatic rings. The highest BCUT2D eigenvalue weighted by Crippen LogP contribution is 2.13. The van der Waals surface area contributed by atoms with Crippen LogP contribution < -0.4 is 15.0 Å². The van der Waals surface area contributed by atoms with Gasteiger partial charge in [0.15, 0.2) is 6.10 Å². The van der Waals surface area contributed by atoms with E-state index in [1.54, 1.807) is 37.5 Å². The van der Waals surface area contributed by atoms with E-state index in [4.69, 9.17) is 4.74 Å². The van der Waals surface area contributed by atoms with Crippen molar-refractivity contribution in [2.45, 2.75) is 13.0 Å². The number of sulfonamides is 1. The van der Waals surface area contributed by atoms with Gasteiger partial charge < -0.3 is 15.0 Å². The summed E-state index contributed by atoms with van der Waals surface area (Å²) in [6.45, 7) is 3.44. The van der Waals surface area contributed by atoms with Crippen LogP contribution in [0.1, 0.15) is 6.92 Å². The van der Waals surface area contributed by atoms with Gasteiger partial charge in [0.1, 0.15) is 5.75 Å². The first-order valence-corrected chi connectivity index (χ1v) is 11.1. The van der Waals surface area contributed by atoms with Crippen molar-refractivity contribution in [3.05, 3.63) is 48.8 Å². The zero-order valence-electron chi connectivity index (χ0n) is 16.3. The van der Waals surface area contributed by atoms with E-state index in [0.29, 0.717) is 37.9 Å². The lowest BCUT2D eigenvalue weighted by atomic mass is 10.3. The number of amides is 1. The first-order chi connectivity index (χ1) is 14.0. The number of carbonyl (C=O) groups excluding carboxylic acids is 1. The summed E-state index contributed by atoms with van der Waals surface area (Å²) >= 11 is 0. The van der Waals surface area contributed by atoms with Crippen molar-refractivity contribution in [3.63, 3.8) is 0 Å². The summed E-state index contributed by atoms with van der Waals surface area (Å²) in [7, 11) is -3.46. The van der Waals surface area contributed by atoms with Crippen LogP contribution in [-0.4, -0.2) is 73.2 Å². The van der Waals surface area contributed by atoms with Crippen molar-refractivity contribution in [2.75, 3.05) is 43.4 Å². The lowest BCUT2D eigenvalue weighted by Crippen LogP contribution is -2.50. The molecular weight excluding hydrogens is 394 g/mol. The lowest BCUT2D eigenvalue weighted by molar-refractivity contribution is -0.127. The van der Waals surface area contributed by atoms with Gasteiger partial charge in [-0.2, -0.15) is 4.31 Å². The zero-order valence-corrected chi connectivity index (χ0v) is 17.1. The number of anilines is 1. The Kier molecular flexibility index (Phi) is 6.99. The van der Waals surface area contributed by atoms with Crippen LogP contribution in [0.2, 0.25) is 0 Å². The van der Waals surface area contributed by atoms with Gasteiger partial charge in [-0.1, -0.05) is 18.2 Å². The van der Waals surface area contributed by atoms with Crippen LogP contribution in [0.5, 0.6) is 5.75 Å². The minimum Gasteiger partial charge on any atom is -0.481 e. The zero-order chi connectivity index (χ0) is 20.7. The Balaban J connectivity index is 1.42. The summed E-state index contributed by atoms with van der Waals surface area (Å²) in [6.07, 6.45) is 2.61. The Morgan fingerprint density at radius 1 is 1.10 bits per heavy atom. The van der Waals surface area contributed by atoms with Gasteiger partial charge in [0, 0.05) is 45.1 Å². The smallest absolute Gasteiger partial charge is 0.260 e. The molecule has 1 fully saturated rings. The molecule has 3 rings (SSSR count). The molecule has 10 heteroatoms. The molecule has 0 bridgehead atoms. The molecule has 156 valence electrons. The molecule has 0 saturated carbocycles. The standard InChI is InChI=1S/C19H25N5O4S/c1-16(28-17-6-3-2-4-7-17)18(25)20-10-15-29(26,27)24-13-11-23(12-14-24)19-21-8-5-9-22-19/h2-9,16H,10-15H2,1H3,(H,20,25)/t16-/m1/s1. The van der Waals surface area contributed by atoms with E-state index in [1.807, 2.05) is 23.1 Å². The molecule has 9 nitrogen and oxygen atoms in total. The topological polar surface area (TPSA) is 105 Å². The third kappa shape index (κ3) is 5.88. The Morgan fingerprint density at radius 2 is 1.76 bits per heavy atom. The van der Waals surface area contributed by atoms with Gasteiger partial charge in [-0.15, -0.1) is 0 Å². The number of hydrogen-bond acceptors (Lipinski definition) is 7. The first-order valence-electron chi connectivity index (χ1n) is 9.45. The number of nitrogens with zero attached hydrogens (tertiary/aromatic N) is 4. The average molecular weight is 420 g/mol. The number of rotatable bonds is 8. The predicted octanol–water partition coefficient (Wildman–Crippen LogP) is 0.512. The highest BCUT2D eigenvalue weighted by Gasteiger charge is 2.27. The van der Waals surface area contributed by atoms with Gasteiger partial charge in [0.25, 0.3) is 5.91 Å². The summed E-state index contributed by atoms with van der Waals surface area (Å²) in [4.78, 5) is 22.5. The number of ether oxygens (including phenoxy) is 1. The second-order valence-electron chi connectivity index (χ2n) is 6.62. The Morgan fingerprint density at radius 3 is 2.41 bits per heavy atom. The second-order valence-corrected chi connectivity index (χ2v) is 8.70. The van der Waals surface area contributed by atoms with E-state index in [9.17, 15) is 13.2 Å². The summed E-state index contributed by atoms with van der Waals surface area (Å²) in [5, 5.41) is 2.63. The molecule has 1 amide bonds. The van der Waals surface area contributed by atoms with Gasteiger partial charge in [-0.05, 0) is 25.1 Å².